The van der Waals surface area contributed by atoms with Crippen molar-refractivity contribution in [3.05, 3.63) is 35.7 Å². The first-order valence-corrected chi connectivity index (χ1v) is 12.6. The predicted molar refractivity (Wildman–Crippen MR) is 129 cm³/mol. The average molecular weight is 446 g/mol. The van der Waals surface area contributed by atoms with Crippen LogP contribution in [0.3, 0.4) is 0 Å². The van der Waals surface area contributed by atoms with E-state index in [0.717, 1.165) is 69.1 Å². The van der Waals surface area contributed by atoms with Crippen molar-refractivity contribution in [3.8, 4) is 0 Å². The quantitative estimate of drug-likeness (QED) is 0.561. The van der Waals surface area contributed by atoms with E-state index in [9.17, 15) is 0 Å². The molecule has 0 atom stereocenters. The standard InChI is InChI=1S/C21H31N7S2/c1-3-19-24-21(30-25-19)28-10-8-27(9-11-28)20(22-2)23-16-17-4-6-18(7-5-17)26-12-14-29-15-13-26/h4-7H,3,8-16H2,1-2H3,(H,22,23). The van der Waals surface area contributed by atoms with Crippen molar-refractivity contribution in [1.29, 1.82) is 0 Å². The smallest absolute Gasteiger partial charge is 0.205 e. The van der Waals surface area contributed by atoms with Gasteiger partial charge in [-0.2, -0.15) is 16.1 Å². The minimum Gasteiger partial charge on any atom is -0.370 e. The number of aromatic nitrogens is 2. The Bertz CT molecular complexity index is 822. The maximum absolute atomic E-state index is 4.62. The van der Waals surface area contributed by atoms with Gasteiger partial charge in [0.2, 0.25) is 5.13 Å². The number of hydrogen-bond acceptors (Lipinski definition) is 7. The second-order valence-corrected chi connectivity index (χ2v) is 9.44. The van der Waals surface area contributed by atoms with Crippen LogP contribution in [0.25, 0.3) is 0 Å². The fraction of sp³-hybridized carbons (Fsp3) is 0.571. The summed E-state index contributed by atoms with van der Waals surface area (Å²) in [6.07, 6.45) is 0.894. The minimum atomic E-state index is 0.791. The number of nitrogens with one attached hydrogen (secondary N) is 1. The molecule has 0 amide bonds. The van der Waals surface area contributed by atoms with Gasteiger partial charge in [-0.1, -0.05) is 19.1 Å². The molecule has 2 saturated heterocycles. The summed E-state index contributed by atoms with van der Waals surface area (Å²) < 4.78 is 4.41. The molecule has 0 unspecified atom stereocenters. The molecule has 4 rings (SSSR count). The summed E-state index contributed by atoms with van der Waals surface area (Å²) in [6.45, 7) is 8.96. The van der Waals surface area contributed by atoms with Crippen molar-refractivity contribution < 1.29 is 0 Å². The molecule has 162 valence electrons. The van der Waals surface area contributed by atoms with Gasteiger partial charge in [-0.3, -0.25) is 4.99 Å². The highest BCUT2D eigenvalue weighted by Gasteiger charge is 2.22. The van der Waals surface area contributed by atoms with Crippen molar-refractivity contribution in [2.24, 2.45) is 4.99 Å². The highest BCUT2D eigenvalue weighted by molar-refractivity contribution is 7.99. The summed E-state index contributed by atoms with van der Waals surface area (Å²) in [7, 11) is 1.87. The molecule has 0 bridgehead atoms. The number of aryl methyl sites for hydroxylation is 1. The summed E-state index contributed by atoms with van der Waals surface area (Å²) in [5, 5.41) is 4.58. The van der Waals surface area contributed by atoms with Crippen LogP contribution in [0.2, 0.25) is 0 Å². The number of piperazine rings is 1. The van der Waals surface area contributed by atoms with Crippen molar-refractivity contribution in [1.82, 2.24) is 19.6 Å². The number of benzene rings is 1. The average Bonchev–Trinajstić information content (AvgIpc) is 3.30. The molecule has 0 aliphatic carbocycles. The first kappa shape index (κ1) is 21.2. The molecule has 1 aromatic carbocycles. The summed E-state index contributed by atoms with van der Waals surface area (Å²) in [5.41, 5.74) is 2.62. The van der Waals surface area contributed by atoms with E-state index in [1.54, 1.807) is 0 Å². The molecule has 3 heterocycles. The number of nitrogens with zero attached hydrogens (tertiary/aromatic N) is 6. The summed E-state index contributed by atoms with van der Waals surface area (Å²) in [6, 6.07) is 8.97. The SMILES string of the molecule is CCc1nsc(N2CCN(C(=NC)NCc3ccc(N4CCSCC4)cc3)CC2)n1. The Morgan fingerprint density at radius 3 is 2.40 bits per heavy atom. The number of thioether (sulfide) groups is 1. The lowest BCUT2D eigenvalue weighted by Gasteiger charge is -2.36. The van der Waals surface area contributed by atoms with Crippen molar-refractivity contribution in [2.45, 2.75) is 19.9 Å². The predicted octanol–water partition coefficient (Wildman–Crippen LogP) is 2.55. The Labute approximate surface area is 187 Å². The van der Waals surface area contributed by atoms with E-state index in [4.69, 9.17) is 0 Å². The van der Waals surface area contributed by atoms with Gasteiger partial charge in [0.1, 0.15) is 5.82 Å². The first-order chi connectivity index (χ1) is 14.8. The molecule has 2 aliphatic rings. The number of guanidine groups is 1. The third-order valence-electron chi connectivity index (χ3n) is 5.60. The van der Waals surface area contributed by atoms with E-state index >= 15 is 0 Å². The number of aliphatic imine (C=N–C) groups is 1. The van der Waals surface area contributed by atoms with Crippen molar-refractivity contribution in [2.75, 3.05) is 67.6 Å². The van der Waals surface area contributed by atoms with Crippen molar-refractivity contribution in [3.63, 3.8) is 0 Å². The molecule has 0 radical (unpaired) electrons. The lowest BCUT2D eigenvalue weighted by atomic mass is 10.2. The van der Waals surface area contributed by atoms with E-state index in [0.29, 0.717) is 0 Å². The molecule has 7 nitrogen and oxygen atoms in total. The molecular formula is C21H31N7S2. The molecule has 0 spiro atoms. The van der Waals surface area contributed by atoms with Crippen LogP contribution in [0.1, 0.15) is 18.3 Å². The topological polar surface area (TPSA) is 59.9 Å². The van der Waals surface area contributed by atoms with Gasteiger partial charge in [0.05, 0.1) is 0 Å². The zero-order valence-corrected chi connectivity index (χ0v) is 19.5. The molecule has 9 heteroatoms. The molecule has 0 saturated carbocycles. The number of rotatable bonds is 5. The van der Waals surface area contributed by atoms with Gasteiger partial charge in [-0.05, 0) is 17.7 Å². The van der Waals surface area contributed by atoms with Crippen LogP contribution >= 0.6 is 23.3 Å². The highest BCUT2D eigenvalue weighted by atomic mass is 32.2. The van der Waals surface area contributed by atoms with E-state index in [1.165, 1.54) is 34.3 Å². The summed E-state index contributed by atoms with van der Waals surface area (Å²) >= 11 is 3.56. The van der Waals surface area contributed by atoms with Crippen LogP contribution in [-0.2, 0) is 13.0 Å². The molecule has 1 N–H and O–H groups in total. The Kier molecular flexibility index (Phi) is 7.33. The van der Waals surface area contributed by atoms with Crippen LogP contribution in [0, 0.1) is 0 Å². The van der Waals surface area contributed by atoms with E-state index in [2.05, 4.69) is 65.6 Å². The third kappa shape index (κ3) is 5.18. The summed E-state index contributed by atoms with van der Waals surface area (Å²) in [5.74, 6) is 4.37. The van der Waals surface area contributed by atoms with E-state index < -0.39 is 0 Å². The van der Waals surface area contributed by atoms with E-state index in [-0.39, 0.29) is 0 Å². The molecule has 2 fully saturated rings. The van der Waals surface area contributed by atoms with Gasteiger partial charge >= 0.3 is 0 Å². The second kappa shape index (κ2) is 10.3. The fourth-order valence-electron chi connectivity index (χ4n) is 3.79. The molecule has 2 aromatic rings. The molecule has 2 aliphatic heterocycles. The first-order valence-electron chi connectivity index (χ1n) is 10.7. The Morgan fingerprint density at radius 2 is 1.77 bits per heavy atom. The Hall–Kier alpha value is -2.00. The van der Waals surface area contributed by atoms with Crippen LogP contribution in [0.15, 0.2) is 29.3 Å². The normalized spacial score (nSPS) is 18.1. The zero-order chi connectivity index (χ0) is 20.8. The minimum absolute atomic E-state index is 0.791. The molecule has 30 heavy (non-hydrogen) atoms. The van der Waals surface area contributed by atoms with Crippen LogP contribution < -0.4 is 15.1 Å². The Morgan fingerprint density at radius 1 is 1.03 bits per heavy atom. The third-order valence-corrected chi connectivity index (χ3v) is 7.36. The maximum Gasteiger partial charge on any atom is 0.205 e. The second-order valence-electron chi connectivity index (χ2n) is 7.49. The molecule has 1 aromatic heterocycles. The molecular weight excluding hydrogens is 414 g/mol. The largest absolute Gasteiger partial charge is 0.370 e. The van der Waals surface area contributed by atoms with Gasteiger partial charge in [0, 0.05) is 88.0 Å². The Balaban J connectivity index is 1.27. The lowest BCUT2D eigenvalue weighted by Crippen LogP contribution is -2.52. The fourth-order valence-corrected chi connectivity index (χ4v) is 5.49. The maximum atomic E-state index is 4.62. The van der Waals surface area contributed by atoms with Crippen LogP contribution in [0.5, 0.6) is 0 Å². The number of anilines is 2. The van der Waals surface area contributed by atoms with Gasteiger partial charge in [-0.25, -0.2) is 4.98 Å². The summed E-state index contributed by atoms with van der Waals surface area (Å²) in [4.78, 5) is 16.3. The van der Waals surface area contributed by atoms with Crippen molar-refractivity contribution >= 4 is 40.1 Å². The monoisotopic (exact) mass is 445 g/mol. The number of hydrogen-bond donors (Lipinski definition) is 1. The van der Waals surface area contributed by atoms with E-state index in [1.807, 2.05) is 18.8 Å². The van der Waals surface area contributed by atoms with Gasteiger partial charge in [0.15, 0.2) is 5.96 Å². The van der Waals surface area contributed by atoms with Crippen LogP contribution in [-0.4, -0.2) is 78.0 Å². The van der Waals surface area contributed by atoms with Gasteiger partial charge in [0.25, 0.3) is 0 Å². The van der Waals surface area contributed by atoms with Crippen LogP contribution in [0.4, 0.5) is 10.8 Å². The van der Waals surface area contributed by atoms with Gasteiger partial charge in [-0.15, -0.1) is 0 Å². The zero-order valence-electron chi connectivity index (χ0n) is 17.9. The highest BCUT2D eigenvalue weighted by Crippen LogP contribution is 2.21. The lowest BCUT2D eigenvalue weighted by molar-refractivity contribution is 0.372. The van der Waals surface area contributed by atoms with Gasteiger partial charge < -0.3 is 20.0 Å².